The SMILES string of the molecule is COc1cccc(OC)c1C(=O)N1CCC(c2ccc(Cl)c(Cl)c2)(C(C)N2CCC(C(N)=O)(c3ccccc3)CC2)C1.Cl. The van der Waals surface area contributed by atoms with E-state index in [0.717, 1.165) is 17.5 Å². The van der Waals surface area contributed by atoms with Gasteiger partial charge >= 0.3 is 0 Å². The van der Waals surface area contributed by atoms with Crippen LogP contribution < -0.4 is 15.2 Å². The van der Waals surface area contributed by atoms with Gasteiger partial charge in [0.25, 0.3) is 5.91 Å². The molecule has 0 radical (unpaired) electrons. The number of hydrogen-bond acceptors (Lipinski definition) is 5. The van der Waals surface area contributed by atoms with Crippen molar-refractivity contribution in [3.8, 4) is 11.5 Å². The number of primary amides is 1. The molecule has 2 heterocycles. The van der Waals surface area contributed by atoms with Gasteiger partial charge in [-0.05, 0) is 74.7 Å². The molecule has 0 bridgehead atoms. The Morgan fingerprint density at radius 2 is 1.47 bits per heavy atom. The van der Waals surface area contributed by atoms with Crippen LogP contribution in [0.25, 0.3) is 0 Å². The van der Waals surface area contributed by atoms with Crippen molar-refractivity contribution < 1.29 is 19.1 Å². The van der Waals surface area contributed by atoms with E-state index in [0.29, 0.717) is 66.1 Å². The number of benzene rings is 3. The Bertz CT molecular complexity index is 1440. The second-order valence-corrected chi connectivity index (χ2v) is 12.1. The molecule has 2 unspecified atom stereocenters. The molecule has 3 aromatic rings. The van der Waals surface area contributed by atoms with E-state index in [9.17, 15) is 9.59 Å². The van der Waals surface area contributed by atoms with Crippen molar-refractivity contribution in [3.05, 3.63) is 93.5 Å². The number of piperidine rings is 1. The van der Waals surface area contributed by atoms with Gasteiger partial charge in [-0.25, -0.2) is 0 Å². The van der Waals surface area contributed by atoms with Gasteiger partial charge in [0, 0.05) is 24.5 Å². The van der Waals surface area contributed by atoms with Crippen molar-refractivity contribution >= 4 is 47.4 Å². The molecule has 2 N–H and O–H groups in total. The Hall–Kier alpha value is -2.97. The zero-order chi connectivity index (χ0) is 30.1. The second kappa shape index (κ2) is 13.3. The van der Waals surface area contributed by atoms with Crippen molar-refractivity contribution in [2.24, 2.45) is 5.73 Å². The smallest absolute Gasteiger partial charge is 0.261 e. The van der Waals surface area contributed by atoms with Crippen LogP contribution in [0.3, 0.4) is 0 Å². The molecule has 0 aromatic heterocycles. The fourth-order valence-electron chi connectivity index (χ4n) is 6.93. The van der Waals surface area contributed by atoms with E-state index in [-0.39, 0.29) is 30.3 Å². The monoisotopic (exact) mass is 645 g/mol. The molecular weight excluding hydrogens is 609 g/mol. The highest BCUT2D eigenvalue weighted by molar-refractivity contribution is 6.42. The zero-order valence-electron chi connectivity index (χ0n) is 24.6. The maximum atomic E-state index is 14.0. The third-order valence-corrected chi connectivity index (χ3v) is 10.3. The molecule has 2 amide bonds. The summed E-state index contributed by atoms with van der Waals surface area (Å²) in [4.78, 5) is 31.1. The summed E-state index contributed by atoms with van der Waals surface area (Å²) >= 11 is 12.9. The number of nitrogens with zero attached hydrogens (tertiary/aromatic N) is 2. The summed E-state index contributed by atoms with van der Waals surface area (Å²) in [6.07, 6.45) is 1.97. The van der Waals surface area contributed by atoms with Crippen LogP contribution in [0.5, 0.6) is 11.5 Å². The van der Waals surface area contributed by atoms with Crippen LogP contribution in [0, 0.1) is 0 Å². The van der Waals surface area contributed by atoms with Gasteiger partial charge in [0.15, 0.2) is 0 Å². The van der Waals surface area contributed by atoms with Crippen LogP contribution in [-0.4, -0.2) is 68.1 Å². The fraction of sp³-hybridized carbons (Fsp3) is 0.394. The Balaban J connectivity index is 0.00000423. The highest BCUT2D eigenvalue weighted by atomic mass is 35.5. The average molecular weight is 647 g/mol. The summed E-state index contributed by atoms with van der Waals surface area (Å²) in [5.41, 5.74) is 7.30. The molecule has 0 spiro atoms. The van der Waals surface area contributed by atoms with Gasteiger partial charge in [-0.15, -0.1) is 12.4 Å². The van der Waals surface area contributed by atoms with Gasteiger partial charge in [0.2, 0.25) is 5.91 Å². The minimum Gasteiger partial charge on any atom is -0.496 e. The first-order chi connectivity index (χ1) is 20.2. The maximum absolute atomic E-state index is 14.0. The van der Waals surface area contributed by atoms with E-state index in [1.165, 1.54) is 0 Å². The van der Waals surface area contributed by atoms with Gasteiger partial charge in [0.1, 0.15) is 17.1 Å². The van der Waals surface area contributed by atoms with E-state index >= 15 is 0 Å². The van der Waals surface area contributed by atoms with Crippen LogP contribution in [0.2, 0.25) is 10.0 Å². The van der Waals surface area contributed by atoms with Crippen molar-refractivity contribution in [3.63, 3.8) is 0 Å². The van der Waals surface area contributed by atoms with Crippen LogP contribution in [0.1, 0.15) is 47.7 Å². The van der Waals surface area contributed by atoms with Gasteiger partial charge in [0.05, 0.1) is 29.7 Å². The van der Waals surface area contributed by atoms with E-state index in [1.807, 2.05) is 53.4 Å². The van der Waals surface area contributed by atoms with E-state index in [2.05, 4.69) is 11.8 Å². The third-order valence-electron chi connectivity index (χ3n) is 9.52. The summed E-state index contributed by atoms with van der Waals surface area (Å²) in [5, 5.41) is 0.965. The summed E-state index contributed by atoms with van der Waals surface area (Å²) < 4.78 is 11.1. The highest BCUT2D eigenvalue weighted by Crippen LogP contribution is 2.45. The highest BCUT2D eigenvalue weighted by Gasteiger charge is 2.50. The number of amides is 2. The summed E-state index contributed by atoms with van der Waals surface area (Å²) in [6, 6.07) is 21.0. The molecular formula is C33H38Cl3N3O4. The summed E-state index contributed by atoms with van der Waals surface area (Å²) in [7, 11) is 3.10. The molecule has 10 heteroatoms. The molecule has 2 aliphatic heterocycles. The lowest BCUT2D eigenvalue weighted by Gasteiger charge is -2.48. The van der Waals surface area contributed by atoms with Gasteiger partial charge < -0.3 is 20.1 Å². The van der Waals surface area contributed by atoms with Crippen molar-refractivity contribution in [1.82, 2.24) is 9.80 Å². The van der Waals surface area contributed by atoms with Gasteiger partial charge in [-0.2, -0.15) is 0 Å². The van der Waals surface area contributed by atoms with Crippen LogP contribution in [0.4, 0.5) is 0 Å². The molecule has 230 valence electrons. The topological polar surface area (TPSA) is 85.1 Å². The number of nitrogens with two attached hydrogens (primary N) is 1. The first-order valence-corrected chi connectivity index (χ1v) is 15.0. The number of carbonyl (C=O) groups excluding carboxylic acids is 2. The largest absolute Gasteiger partial charge is 0.496 e. The van der Waals surface area contributed by atoms with E-state index in [4.69, 9.17) is 38.4 Å². The molecule has 0 saturated carbocycles. The predicted octanol–water partition coefficient (Wildman–Crippen LogP) is 6.12. The molecule has 2 atom stereocenters. The Morgan fingerprint density at radius 3 is 2.02 bits per heavy atom. The molecule has 43 heavy (non-hydrogen) atoms. The van der Waals surface area contributed by atoms with Crippen molar-refractivity contribution in [2.75, 3.05) is 40.4 Å². The first kappa shape index (κ1) is 32.9. The van der Waals surface area contributed by atoms with Crippen molar-refractivity contribution in [2.45, 2.75) is 43.1 Å². The number of rotatable bonds is 8. The number of carbonyl (C=O) groups is 2. The van der Waals surface area contributed by atoms with Crippen LogP contribution >= 0.6 is 35.6 Å². The first-order valence-electron chi connectivity index (χ1n) is 14.2. The standard InChI is InChI=1S/C33H37Cl2N3O4.ClH/c1-22(37-17-14-32(15-18-37,31(36)40)23-8-5-4-6-9-23)33(24-12-13-25(34)26(35)20-24)16-19-38(21-33)30(39)29-27(41-2)10-7-11-28(29)42-3;/h4-13,20,22H,14-19,21H2,1-3H3,(H2,36,40);1H. The zero-order valence-corrected chi connectivity index (χ0v) is 27.0. The molecule has 0 aliphatic carbocycles. The van der Waals surface area contributed by atoms with Crippen molar-refractivity contribution in [1.29, 1.82) is 0 Å². The van der Waals surface area contributed by atoms with Gasteiger partial charge in [-0.1, -0.05) is 65.7 Å². The second-order valence-electron chi connectivity index (χ2n) is 11.3. The molecule has 2 fully saturated rings. The molecule has 3 aromatic carbocycles. The molecule has 2 saturated heterocycles. The summed E-state index contributed by atoms with van der Waals surface area (Å²) in [5.74, 6) is 0.510. The quantitative estimate of drug-likeness (QED) is 0.319. The number of halogens is 3. The minimum absolute atomic E-state index is 0. The minimum atomic E-state index is -0.702. The Labute approximate surface area is 269 Å². The predicted molar refractivity (Wildman–Crippen MR) is 173 cm³/mol. The normalized spacial score (nSPS) is 20.6. The maximum Gasteiger partial charge on any atom is 0.261 e. The lowest BCUT2D eigenvalue weighted by Crippen LogP contribution is -2.57. The number of hydrogen-bond donors (Lipinski definition) is 1. The number of ether oxygens (including phenoxy) is 2. The molecule has 5 rings (SSSR count). The fourth-order valence-corrected chi connectivity index (χ4v) is 7.23. The molecule has 7 nitrogen and oxygen atoms in total. The van der Waals surface area contributed by atoms with Crippen LogP contribution in [-0.2, 0) is 15.6 Å². The van der Waals surface area contributed by atoms with Gasteiger partial charge in [-0.3, -0.25) is 14.5 Å². The number of likely N-dealkylation sites (tertiary alicyclic amines) is 2. The lowest BCUT2D eigenvalue weighted by molar-refractivity contribution is -0.125. The lowest BCUT2D eigenvalue weighted by atomic mass is 9.69. The summed E-state index contributed by atoms with van der Waals surface area (Å²) in [6.45, 7) is 4.61. The van der Waals surface area contributed by atoms with Crippen LogP contribution in [0.15, 0.2) is 66.7 Å². The number of methoxy groups -OCH3 is 2. The van der Waals surface area contributed by atoms with E-state index < -0.39 is 10.8 Å². The molecule has 2 aliphatic rings. The third kappa shape index (κ3) is 5.93. The average Bonchev–Trinajstić information content (AvgIpc) is 3.48. The Kier molecular flexibility index (Phi) is 10.2. The van der Waals surface area contributed by atoms with E-state index in [1.54, 1.807) is 32.4 Å². The Morgan fingerprint density at radius 1 is 0.837 bits per heavy atom.